The first kappa shape index (κ1) is 14.9. The summed E-state index contributed by atoms with van der Waals surface area (Å²) in [6, 6.07) is 7.53. The molecule has 0 aliphatic rings. The van der Waals surface area contributed by atoms with Crippen LogP contribution in [0.1, 0.15) is 25.2 Å². The van der Waals surface area contributed by atoms with Crippen LogP contribution in [-0.4, -0.2) is 11.7 Å². The standard InChI is InChI=1S/C15H19ClN2O2/c1-11(2)8-17-9-12-4-3-5-14(16)15(12)19-10-13-6-7-18-20-13/h3-7,11,17H,8-10H2,1-2H3. The number of nitrogens with one attached hydrogen (secondary N) is 1. The van der Waals surface area contributed by atoms with E-state index in [0.29, 0.717) is 29.1 Å². The molecule has 0 saturated carbocycles. The average Bonchev–Trinajstić information content (AvgIpc) is 2.90. The topological polar surface area (TPSA) is 47.3 Å². The third-order valence-corrected chi connectivity index (χ3v) is 3.06. The van der Waals surface area contributed by atoms with E-state index in [1.807, 2.05) is 18.2 Å². The van der Waals surface area contributed by atoms with Crippen LogP contribution in [0.25, 0.3) is 0 Å². The van der Waals surface area contributed by atoms with E-state index in [9.17, 15) is 0 Å². The van der Waals surface area contributed by atoms with Gasteiger partial charge >= 0.3 is 0 Å². The van der Waals surface area contributed by atoms with E-state index in [0.717, 1.165) is 18.7 Å². The largest absolute Gasteiger partial charge is 0.484 e. The van der Waals surface area contributed by atoms with Gasteiger partial charge in [-0.05, 0) is 18.5 Å². The molecular formula is C15H19ClN2O2. The van der Waals surface area contributed by atoms with Crippen molar-refractivity contribution in [3.8, 4) is 5.75 Å². The summed E-state index contributed by atoms with van der Waals surface area (Å²) >= 11 is 6.21. The van der Waals surface area contributed by atoms with Crippen molar-refractivity contribution in [3.63, 3.8) is 0 Å². The van der Waals surface area contributed by atoms with Crippen LogP contribution in [0.15, 0.2) is 35.0 Å². The Morgan fingerprint density at radius 3 is 2.90 bits per heavy atom. The minimum absolute atomic E-state index is 0.320. The minimum Gasteiger partial charge on any atom is -0.484 e. The lowest BCUT2D eigenvalue weighted by Crippen LogP contribution is -2.19. The van der Waals surface area contributed by atoms with Crippen molar-refractivity contribution >= 4 is 11.6 Å². The van der Waals surface area contributed by atoms with Gasteiger partial charge < -0.3 is 14.6 Å². The monoisotopic (exact) mass is 294 g/mol. The van der Waals surface area contributed by atoms with Crippen LogP contribution in [0, 0.1) is 5.92 Å². The van der Waals surface area contributed by atoms with Crippen LogP contribution in [-0.2, 0) is 13.2 Å². The zero-order valence-corrected chi connectivity index (χ0v) is 12.5. The van der Waals surface area contributed by atoms with Crippen LogP contribution in [0.3, 0.4) is 0 Å². The molecule has 0 fully saturated rings. The van der Waals surface area contributed by atoms with Gasteiger partial charge in [0.15, 0.2) is 5.76 Å². The van der Waals surface area contributed by atoms with E-state index in [4.69, 9.17) is 20.9 Å². The summed E-state index contributed by atoms with van der Waals surface area (Å²) in [5.41, 5.74) is 1.04. The van der Waals surface area contributed by atoms with Gasteiger partial charge in [0, 0.05) is 18.2 Å². The third kappa shape index (κ3) is 4.25. The second-order valence-electron chi connectivity index (χ2n) is 5.02. The highest BCUT2D eigenvalue weighted by Crippen LogP contribution is 2.29. The Balaban J connectivity index is 2.01. The Hall–Kier alpha value is -1.52. The number of para-hydroxylation sites is 1. The summed E-state index contributed by atoms with van der Waals surface area (Å²) < 4.78 is 10.8. The molecule has 0 spiro atoms. The molecule has 1 heterocycles. The quantitative estimate of drug-likeness (QED) is 0.847. The Labute approximate surface area is 124 Å². The zero-order valence-electron chi connectivity index (χ0n) is 11.7. The molecule has 0 amide bonds. The van der Waals surface area contributed by atoms with Gasteiger partial charge in [-0.15, -0.1) is 0 Å². The number of ether oxygens (including phenoxy) is 1. The summed E-state index contributed by atoms with van der Waals surface area (Å²) in [7, 11) is 0. The van der Waals surface area contributed by atoms with Crippen LogP contribution in [0.2, 0.25) is 5.02 Å². The molecule has 1 N–H and O–H groups in total. The van der Waals surface area contributed by atoms with Crippen molar-refractivity contribution in [2.75, 3.05) is 6.54 Å². The molecule has 2 rings (SSSR count). The summed E-state index contributed by atoms with van der Waals surface area (Å²) in [4.78, 5) is 0. The van der Waals surface area contributed by atoms with Crippen molar-refractivity contribution in [2.24, 2.45) is 5.92 Å². The zero-order chi connectivity index (χ0) is 14.4. The van der Waals surface area contributed by atoms with Gasteiger partial charge in [0.05, 0.1) is 11.2 Å². The molecule has 0 bridgehead atoms. The highest BCUT2D eigenvalue weighted by molar-refractivity contribution is 6.32. The average molecular weight is 295 g/mol. The number of hydrogen-bond acceptors (Lipinski definition) is 4. The normalized spacial score (nSPS) is 11.0. The molecule has 20 heavy (non-hydrogen) atoms. The number of halogens is 1. The highest BCUT2D eigenvalue weighted by atomic mass is 35.5. The number of hydrogen-bond donors (Lipinski definition) is 1. The van der Waals surface area contributed by atoms with Crippen LogP contribution in [0.5, 0.6) is 5.75 Å². The fraction of sp³-hybridized carbons (Fsp3) is 0.400. The van der Waals surface area contributed by atoms with Gasteiger partial charge in [0.1, 0.15) is 12.4 Å². The number of rotatable bonds is 7. The SMILES string of the molecule is CC(C)CNCc1cccc(Cl)c1OCc1ccno1. The lowest BCUT2D eigenvalue weighted by atomic mass is 10.2. The Bertz CT molecular complexity index is 527. The van der Waals surface area contributed by atoms with Gasteiger partial charge in [-0.25, -0.2) is 0 Å². The van der Waals surface area contributed by atoms with Crippen molar-refractivity contribution in [1.82, 2.24) is 10.5 Å². The summed E-state index contributed by atoms with van der Waals surface area (Å²) in [5, 5.41) is 7.64. The predicted octanol–water partition coefficient (Wildman–Crippen LogP) is 3.65. The molecule has 0 unspecified atom stereocenters. The summed E-state index contributed by atoms with van der Waals surface area (Å²) in [5.74, 6) is 1.97. The lowest BCUT2D eigenvalue weighted by molar-refractivity contribution is 0.247. The van der Waals surface area contributed by atoms with Crippen molar-refractivity contribution in [3.05, 3.63) is 46.8 Å². The van der Waals surface area contributed by atoms with E-state index >= 15 is 0 Å². The fourth-order valence-electron chi connectivity index (χ4n) is 1.81. The second-order valence-corrected chi connectivity index (χ2v) is 5.43. The van der Waals surface area contributed by atoms with Gasteiger partial charge in [0.2, 0.25) is 0 Å². The molecule has 5 heteroatoms. The van der Waals surface area contributed by atoms with Crippen LogP contribution < -0.4 is 10.1 Å². The molecule has 4 nitrogen and oxygen atoms in total. The first-order valence-corrected chi connectivity index (χ1v) is 7.05. The van der Waals surface area contributed by atoms with Gasteiger partial charge in [0.25, 0.3) is 0 Å². The molecule has 0 aliphatic carbocycles. The molecule has 0 atom stereocenters. The number of aromatic nitrogens is 1. The maximum absolute atomic E-state index is 6.21. The maximum atomic E-state index is 6.21. The maximum Gasteiger partial charge on any atom is 0.174 e. The Morgan fingerprint density at radius 1 is 1.35 bits per heavy atom. The van der Waals surface area contributed by atoms with Gasteiger partial charge in [-0.1, -0.05) is 42.7 Å². The van der Waals surface area contributed by atoms with Crippen molar-refractivity contribution < 1.29 is 9.26 Å². The highest BCUT2D eigenvalue weighted by Gasteiger charge is 2.10. The molecule has 1 aromatic heterocycles. The van der Waals surface area contributed by atoms with Crippen LogP contribution >= 0.6 is 11.6 Å². The molecule has 1 aromatic carbocycles. The first-order valence-electron chi connectivity index (χ1n) is 6.67. The molecule has 108 valence electrons. The fourth-order valence-corrected chi connectivity index (χ4v) is 2.06. The molecular weight excluding hydrogens is 276 g/mol. The Kier molecular flexibility index (Phi) is 5.44. The predicted molar refractivity (Wildman–Crippen MR) is 78.8 cm³/mol. The minimum atomic E-state index is 0.320. The summed E-state index contributed by atoms with van der Waals surface area (Å²) in [6.45, 7) is 6.35. The third-order valence-electron chi connectivity index (χ3n) is 2.77. The molecule has 0 aliphatic heterocycles. The number of benzene rings is 1. The van der Waals surface area contributed by atoms with Crippen molar-refractivity contribution in [2.45, 2.75) is 27.0 Å². The lowest BCUT2D eigenvalue weighted by Gasteiger charge is -2.13. The molecule has 0 radical (unpaired) electrons. The van der Waals surface area contributed by atoms with Crippen molar-refractivity contribution in [1.29, 1.82) is 0 Å². The summed E-state index contributed by atoms with van der Waals surface area (Å²) in [6.07, 6.45) is 1.59. The van der Waals surface area contributed by atoms with Gasteiger partial charge in [-0.3, -0.25) is 0 Å². The smallest absolute Gasteiger partial charge is 0.174 e. The first-order chi connectivity index (χ1) is 9.66. The van der Waals surface area contributed by atoms with E-state index in [1.54, 1.807) is 12.3 Å². The van der Waals surface area contributed by atoms with E-state index in [1.165, 1.54) is 0 Å². The molecule has 2 aromatic rings. The van der Waals surface area contributed by atoms with E-state index < -0.39 is 0 Å². The van der Waals surface area contributed by atoms with E-state index in [-0.39, 0.29) is 0 Å². The molecule has 0 saturated heterocycles. The van der Waals surface area contributed by atoms with Gasteiger partial charge in [-0.2, -0.15) is 0 Å². The number of nitrogens with zero attached hydrogens (tertiary/aromatic N) is 1. The van der Waals surface area contributed by atoms with Crippen LogP contribution in [0.4, 0.5) is 0 Å². The second kappa shape index (κ2) is 7.31. The Morgan fingerprint density at radius 2 is 2.20 bits per heavy atom. The van der Waals surface area contributed by atoms with E-state index in [2.05, 4.69) is 24.3 Å².